The molecule has 0 fully saturated rings. The fourth-order valence-corrected chi connectivity index (χ4v) is 2.04. The molecule has 126 valence electrons. The highest BCUT2D eigenvalue weighted by atomic mass is 16.5. The Hall–Kier alpha value is -3.39. The van der Waals surface area contributed by atoms with Gasteiger partial charge in [-0.1, -0.05) is 29.8 Å². The largest absolute Gasteiger partial charge is 0.462 e. The molecular formula is C20H17NO4. The van der Waals surface area contributed by atoms with Gasteiger partial charge in [-0.2, -0.15) is 5.26 Å². The van der Waals surface area contributed by atoms with E-state index in [1.165, 1.54) is 6.08 Å². The van der Waals surface area contributed by atoms with Crippen LogP contribution in [0.4, 0.5) is 0 Å². The van der Waals surface area contributed by atoms with E-state index in [0.717, 1.165) is 5.56 Å². The minimum absolute atomic E-state index is 0.121. The zero-order valence-electron chi connectivity index (χ0n) is 14.0. The Balaban J connectivity index is 2.18. The van der Waals surface area contributed by atoms with Gasteiger partial charge in [-0.25, -0.2) is 9.59 Å². The van der Waals surface area contributed by atoms with Crippen LogP contribution >= 0.6 is 0 Å². The molecule has 0 aliphatic heterocycles. The zero-order valence-corrected chi connectivity index (χ0v) is 14.0. The first-order valence-electron chi connectivity index (χ1n) is 7.71. The minimum Gasteiger partial charge on any atom is -0.462 e. The van der Waals surface area contributed by atoms with Gasteiger partial charge in [0.1, 0.15) is 17.4 Å². The molecule has 2 rings (SSSR count). The van der Waals surface area contributed by atoms with Gasteiger partial charge < -0.3 is 9.47 Å². The van der Waals surface area contributed by atoms with Crippen molar-refractivity contribution in [2.24, 2.45) is 0 Å². The Bertz CT molecular complexity index is 845. The molecule has 25 heavy (non-hydrogen) atoms. The van der Waals surface area contributed by atoms with E-state index in [0.29, 0.717) is 16.9 Å². The summed E-state index contributed by atoms with van der Waals surface area (Å²) in [5, 5.41) is 9.07. The Kier molecular flexibility index (Phi) is 6.08. The number of ether oxygens (including phenoxy) is 2. The van der Waals surface area contributed by atoms with Gasteiger partial charge in [0.25, 0.3) is 0 Å². The van der Waals surface area contributed by atoms with Crippen molar-refractivity contribution in [3.05, 3.63) is 70.8 Å². The fraction of sp³-hybridized carbons (Fsp3) is 0.150. The molecule has 2 aromatic carbocycles. The molecule has 0 aliphatic carbocycles. The fourth-order valence-electron chi connectivity index (χ4n) is 2.04. The van der Waals surface area contributed by atoms with Crippen LogP contribution in [0, 0.1) is 18.3 Å². The molecule has 0 aliphatic rings. The van der Waals surface area contributed by atoms with Crippen LogP contribution in [-0.2, 0) is 9.53 Å². The maximum absolute atomic E-state index is 12.1. The van der Waals surface area contributed by atoms with Crippen molar-refractivity contribution in [2.75, 3.05) is 6.61 Å². The standard InChI is InChI=1S/C20H17NO4/c1-3-24-19(22)17(13-21)11-15-5-4-6-18(12-15)25-20(23)16-9-7-14(2)8-10-16/h4-12H,3H2,1-2H3/b17-11+. The lowest BCUT2D eigenvalue weighted by atomic mass is 10.1. The molecule has 0 N–H and O–H groups in total. The first-order valence-corrected chi connectivity index (χ1v) is 7.71. The number of esters is 2. The second-order valence-electron chi connectivity index (χ2n) is 5.22. The highest BCUT2D eigenvalue weighted by molar-refractivity contribution is 5.98. The van der Waals surface area contributed by atoms with Crippen LogP contribution < -0.4 is 4.74 Å². The first kappa shape index (κ1) is 18.0. The van der Waals surface area contributed by atoms with Crippen molar-refractivity contribution in [3.8, 4) is 11.8 Å². The number of carbonyl (C=O) groups excluding carboxylic acids is 2. The summed E-state index contributed by atoms with van der Waals surface area (Å²) in [4.78, 5) is 23.8. The van der Waals surface area contributed by atoms with Gasteiger partial charge in [-0.15, -0.1) is 0 Å². The van der Waals surface area contributed by atoms with Crippen LogP contribution in [0.1, 0.15) is 28.4 Å². The van der Waals surface area contributed by atoms with E-state index in [-0.39, 0.29) is 12.2 Å². The number of carbonyl (C=O) groups is 2. The smallest absolute Gasteiger partial charge is 0.348 e. The molecule has 0 heterocycles. The lowest BCUT2D eigenvalue weighted by molar-refractivity contribution is -0.137. The quantitative estimate of drug-likeness (QED) is 0.360. The molecule has 2 aromatic rings. The molecule has 5 nitrogen and oxygen atoms in total. The Morgan fingerprint density at radius 2 is 1.88 bits per heavy atom. The number of hydrogen-bond donors (Lipinski definition) is 0. The Morgan fingerprint density at radius 3 is 2.52 bits per heavy atom. The summed E-state index contributed by atoms with van der Waals surface area (Å²) < 4.78 is 10.2. The van der Waals surface area contributed by atoms with E-state index >= 15 is 0 Å². The van der Waals surface area contributed by atoms with E-state index in [1.807, 2.05) is 19.1 Å². The second kappa shape index (κ2) is 8.46. The van der Waals surface area contributed by atoms with Crippen molar-refractivity contribution >= 4 is 18.0 Å². The molecule has 0 bridgehead atoms. The molecule has 0 radical (unpaired) electrons. The van der Waals surface area contributed by atoms with Crippen molar-refractivity contribution in [2.45, 2.75) is 13.8 Å². The van der Waals surface area contributed by atoms with Gasteiger partial charge in [0, 0.05) is 0 Å². The zero-order chi connectivity index (χ0) is 18.2. The Labute approximate surface area is 146 Å². The third-order valence-corrected chi connectivity index (χ3v) is 3.28. The van der Waals surface area contributed by atoms with E-state index in [2.05, 4.69) is 0 Å². The number of benzene rings is 2. The summed E-state index contributed by atoms with van der Waals surface area (Å²) in [6.07, 6.45) is 1.39. The third-order valence-electron chi connectivity index (χ3n) is 3.28. The maximum atomic E-state index is 12.1. The van der Waals surface area contributed by atoms with Crippen molar-refractivity contribution in [1.82, 2.24) is 0 Å². The molecule has 0 spiro atoms. The van der Waals surface area contributed by atoms with E-state index in [9.17, 15) is 9.59 Å². The summed E-state index contributed by atoms with van der Waals surface area (Å²) >= 11 is 0. The lowest BCUT2D eigenvalue weighted by Crippen LogP contribution is -2.08. The van der Waals surface area contributed by atoms with Gasteiger partial charge >= 0.3 is 11.9 Å². The van der Waals surface area contributed by atoms with Crippen LogP contribution in [0.25, 0.3) is 6.08 Å². The first-order chi connectivity index (χ1) is 12.0. The molecular weight excluding hydrogens is 318 g/mol. The molecule has 0 aromatic heterocycles. The van der Waals surface area contributed by atoms with Crippen LogP contribution in [0.5, 0.6) is 5.75 Å². The lowest BCUT2D eigenvalue weighted by Gasteiger charge is -2.06. The molecule has 0 unspecified atom stereocenters. The van der Waals surface area contributed by atoms with Gasteiger partial charge in [0.15, 0.2) is 0 Å². The summed E-state index contributed by atoms with van der Waals surface area (Å²) in [7, 11) is 0. The highest BCUT2D eigenvalue weighted by Crippen LogP contribution is 2.18. The van der Waals surface area contributed by atoms with E-state index in [1.54, 1.807) is 49.4 Å². The van der Waals surface area contributed by atoms with Gasteiger partial charge in [0.05, 0.1) is 12.2 Å². The van der Waals surface area contributed by atoms with Crippen LogP contribution in [0.2, 0.25) is 0 Å². The average molecular weight is 335 g/mol. The van der Waals surface area contributed by atoms with E-state index in [4.69, 9.17) is 14.7 Å². The summed E-state index contributed by atoms with van der Waals surface area (Å²) in [5.74, 6) is -0.848. The number of rotatable bonds is 5. The summed E-state index contributed by atoms with van der Waals surface area (Å²) in [6.45, 7) is 3.78. The third kappa shape index (κ3) is 5.05. The van der Waals surface area contributed by atoms with Crippen LogP contribution in [0.3, 0.4) is 0 Å². The molecule has 0 atom stereocenters. The van der Waals surface area contributed by atoms with Crippen LogP contribution in [0.15, 0.2) is 54.1 Å². The SMILES string of the molecule is CCOC(=O)/C(C#N)=C/c1cccc(OC(=O)c2ccc(C)cc2)c1. The minimum atomic E-state index is -0.688. The van der Waals surface area contributed by atoms with Gasteiger partial charge in [-0.05, 0) is 49.8 Å². The molecule has 0 saturated carbocycles. The van der Waals surface area contributed by atoms with Crippen molar-refractivity contribution < 1.29 is 19.1 Å². The normalized spacial score (nSPS) is 10.7. The maximum Gasteiger partial charge on any atom is 0.348 e. The molecule has 0 saturated heterocycles. The average Bonchev–Trinajstić information content (AvgIpc) is 2.60. The van der Waals surface area contributed by atoms with Gasteiger partial charge in [0.2, 0.25) is 0 Å². The number of aryl methyl sites for hydroxylation is 1. The van der Waals surface area contributed by atoms with E-state index < -0.39 is 11.9 Å². The van der Waals surface area contributed by atoms with Crippen molar-refractivity contribution in [3.63, 3.8) is 0 Å². The second-order valence-corrected chi connectivity index (χ2v) is 5.22. The number of nitriles is 1. The predicted molar refractivity (Wildman–Crippen MR) is 92.8 cm³/mol. The predicted octanol–water partition coefficient (Wildman–Crippen LogP) is 3.68. The number of hydrogen-bond acceptors (Lipinski definition) is 5. The number of nitrogens with zero attached hydrogens (tertiary/aromatic N) is 1. The molecule has 5 heteroatoms. The Morgan fingerprint density at radius 1 is 1.16 bits per heavy atom. The van der Waals surface area contributed by atoms with Gasteiger partial charge in [-0.3, -0.25) is 0 Å². The van der Waals surface area contributed by atoms with Crippen LogP contribution in [-0.4, -0.2) is 18.5 Å². The molecule has 0 amide bonds. The van der Waals surface area contributed by atoms with Crippen molar-refractivity contribution in [1.29, 1.82) is 5.26 Å². The highest BCUT2D eigenvalue weighted by Gasteiger charge is 2.11. The monoisotopic (exact) mass is 335 g/mol. The topological polar surface area (TPSA) is 76.4 Å². The summed E-state index contributed by atoms with van der Waals surface area (Å²) in [6, 6.07) is 15.4. The summed E-state index contributed by atoms with van der Waals surface area (Å²) in [5.41, 5.74) is 1.92.